The van der Waals surface area contributed by atoms with E-state index < -0.39 is 17.9 Å². The van der Waals surface area contributed by atoms with Gasteiger partial charge < -0.3 is 20.9 Å². The van der Waals surface area contributed by atoms with Crippen LogP contribution < -0.4 is 16.6 Å². The molecular weight excluding hydrogens is 236 g/mol. The molecule has 7 nitrogen and oxygen atoms in total. The molecule has 1 atom stereocenters. The van der Waals surface area contributed by atoms with Crippen LogP contribution in [0.1, 0.15) is 10.5 Å². The van der Waals surface area contributed by atoms with Crippen molar-refractivity contribution in [3.8, 4) is 0 Å². The quantitative estimate of drug-likeness (QED) is 0.579. The minimum Gasteiger partial charge on any atom is -0.368 e. The maximum atomic E-state index is 12.2. The highest BCUT2D eigenvalue weighted by Gasteiger charge is 2.31. The second-order valence-electron chi connectivity index (χ2n) is 4.05. The highest BCUT2D eigenvalue weighted by Crippen LogP contribution is 2.07. The van der Waals surface area contributed by atoms with Crippen LogP contribution in [-0.2, 0) is 4.79 Å². The average Bonchev–Trinajstić information content (AvgIpc) is 2.38. The third kappa shape index (κ3) is 2.40. The van der Waals surface area contributed by atoms with E-state index in [1.54, 1.807) is 0 Å². The van der Waals surface area contributed by atoms with Gasteiger partial charge in [-0.15, -0.1) is 0 Å². The number of piperazine rings is 1. The van der Waals surface area contributed by atoms with Crippen molar-refractivity contribution in [3.63, 3.8) is 0 Å². The Morgan fingerprint density at radius 1 is 1.39 bits per heavy atom. The van der Waals surface area contributed by atoms with Crippen LogP contribution in [0, 0.1) is 0 Å². The van der Waals surface area contributed by atoms with Gasteiger partial charge in [0.25, 0.3) is 5.91 Å². The lowest BCUT2D eigenvalue weighted by Crippen LogP contribution is -2.58. The predicted octanol–water partition coefficient (Wildman–Crippen LogP) is -1.73. The van der Waals surface area contributed by atoms with Gasteiger partial charge in [-0.25, -0.2) is 0 Å². The molecular formula is C11H14N4O3. The molecule has 1 aliphatic heterocycles. The van der Waals surface area contributed by atoms with Crippen molar-refractivity contribution in [1.82, 2.24) is 15.2 Å². The van der Waals surface area contributed by atoms with Gasteiger partial charge in [0, 0.05) is 25.7 Å². The number of H-pyrrole nitrogens is 1. The summed E-state index contributed by atoms with van der Waals surface area (Å²) >= 11 is 0. The number of carbonyl (C=O) groups is 2. The highest BCUT2D eigenvalue weighted by molar-refractivity contribution is 5.96. The number of rotatable bonds is 2. The summed E-state index contributed by atoms with van der Waals surface area (Å²) in [5, 5.41) is 3.00. The van der Waals surface area contributed by atoms with Crippen molar-refractivity contribution in [2.45, 2.75) is 6.04 Å². The molecule has 0 saturated carbocycles. The van der Waals surface area contributed by atoms with Crippen molar-refractivity contribution in [2.75, 3.05) is 19.6 Å². The summed E-state index contributed by atoms with van der Waals surface area (Å²) in [5.74, 6) is -0.952. The molecule has 1 aromatic rings. The van der Waals surface area contributed by atoms with Gasteiger partial charge in [0.05, 0.1) is 0 Å². The summed E-state index contributed by atoms with van der Waals surface area (Å²) in [6, 6.07) is 3.63. The number of amides is 2. The molecule has 2 amide bonds. The van der Waals surface area contributed by atoms with E-state index in [0.717, 1.165) is 0 Å². The van der Waals surface area contributed by atoms with Gasteiger partial charge in [-0.05, 0) is 6.07 Å². The highest BCUT2D eigenvalue weighted by atomic mass is 16.2. The molecule has 2 rings (SSSR count). The van der Waals surface area contributed by atoms with Gasteiger partial charge in [0.2, 0.25) is 11.5 Å². The number of aromatic amines is 1. The van der Waals surface area contributed by atoms with Crippen LogP contribution in [0.2, 0.25) is 0 Å². The van der Waals surface area contributed by atoms with Crippen LogP contribution in [0.25, 0.3) is 0 Å². The lowest BCUT2D eigenvalue weighted by molar-refractivity contribution is -0.122. The number of nitrogens with two attached hydrogens (primary N) is 1. The number of hydrogen-bond donors (Lipinski definition) is 3. The SMILES string of the molecule is NC(=O)C1CNCCN1C(=O)c1cccc(=O)[nH]1. The Kier molecular flexibility index (Phi) is 3.42. The smallest absolute Gasteiger partial charge is 0.271 e. The Hall–Kier alpha value is -2.15. The summed E-state index contributed by atoms with van der Waals surface area (Å²) in [4.78, 5) is 38.5. The zero-order valence-electron chi connectivity index (χ0n) is 9.68. The minimum atomic E-state index is -0.685. The third-order valence-corrected chi connectivity index (χ3v) is 2.83. The lowest BCUT2D eigenvalue weighted by atomic mass is 10.1. The van der Waals surface area contributed by atoms with Gasteiger partial charge in [-0.2, -0.15) is 0 Å². The molecule has 18 heavy (non-hydrogen) atoms. The van der Waals surface area contributed by atoms with Gasteiger partial charge in [-0.3, -0.25) is 14.4 Å². The maximum absolute atomic E-state index is 12.2. The molecule has 0 radical (unpaired) electrons. The van der Waals surface area contributed by atoms with E-state index >= 15 is 0 Å². The van der Waals surface area contributed by atoms with Crippen molar-refractivity contribution >= 4 is 11.8 Å². The normalized spacial score (nSPS) is 19.6. The number of nitrogens with zero attached hydrogens (tertiary/aromatic N) is 1. The fraction of sp³-hybridized carbons (Fsp3) is 0.364. The van der Waals surface area contributed by atoms with E-state index in [-0.39, 0.29) is 11.3 Å². The van der Waals surface area contributed by atoms with Crippen molar-refractivity contribution in [3.05, 3.63) is 34.2 Å². The molecule has 96 valence electrons. The van der Waals surface area contributed by atoms with Crippen LogP contribution in [0.15, 0.2) is 23.0 Å². The largest absolute Gasteiger partial charge is 0.368 e. The monoisotopic (exact) mass is 250 g/mol. The van der Waals surface area contributed by atoms with Crippen LogP contribution >= 0.6 is 0 Å². The zero-order chi connectivity index (χ0) is 13.1. The predicted molar refractivity (Wildman–Crippen MR) is 64.0 cm³/mol. The lowest BCUT2D eigenvalue weighted by Gasteiger charge is -2.33. The third-order valence-electron chi connectivity index (χ3n) is 2.83. The van der Waals surface area contributed by atoms with Gasteiger partial charge in [0.1, 0.15) is 11.7 Å². The Morgan fingerprint density at radius 2 is 2.17 bits per heavy atom. The molecule has 2 heterocycles. The number of hydrogen-bond acceptors (Lipinski definition) is 4. The first-order valence-corrected chi connectivity index (χ1v) is 5.60. The van der Waals surface area contributed by atoms with Gasteiger partial charge in [-0.1, -0.05) is 6.07 Å². The first kappa shape index (κ1) is 12.3. The first-order chi connectivity index (χ1) is 8.59. The number of nitrogens with one attached hydrogen (secondary N) is 2. The number of pyridine rings is 1. The Morgan fingerprint density at radius 3 is 2.83 bits per heavy atom. The molecule has 0 aromatic carbocycles. The Bertz CT molecular complexity index is 525. The summed E-state index contributed by atoms with van der Waals surface area (Å²) in [5.41, 5.74) is 5.07. The van der Waals surface area contributed by atoms with Crippen LogP contribution in [-0.4, -0.2) is 47.4 Å². The fourth-order valence-corrected chi connectivity index (χ4v) is 1.93. The average molecular weight is 250 g/mol. The molecule has 0 spiro atoms. The van der Waals surface area contributed by atoms with E-state index in [4.69, 9.17) is 5.73 Å². The number of aromatic nitrogens is 1. The van der Waals surface area contributed by atoms with Crippen molar-refractivity contribution in [2.24, 2.45) is 5.73 Å². The molecule has 0 bridgehead atoms. The second-order valence-corrected chi connectivity index (χ2v) is 4.05. The van der Waals surface area contributed by atoms with Crippen LogP contribution in [0.3, 0.4) is 0 Å². The van der Waals surface area contributed by atoms with E-state index in [1.165, 1.54) is 23.1 Å². The molecule has 1 unspecified atom stereocenters. The van der Waals surface area contributed by atoms with E-state index in [0.29, 0.717) is 19.6 Å². The Balaban J connectivity index is 2.26. The zero-order valence-corrected chi connectivity index (χ0v) is 9.68. The summed E-state index contributed by atoms with van der Waals surface area (Å²) < 4.78 is 0. The molecule has 1 aromatic heterocycles. The van der Waals surface area contributed by atoms with Crippen molar-refractivity contribution in [1.29, 1.82) is 0 Å². The fourth-order valence-electron chi connectivity index (χ4n) is 1.93. The van der Waals surface area contributed by atoms with E-state index in [1.807, 2.05) is 0 Å². The minimum absolute atomic E-state index is 0.163. The molecule has 0 aliphatic carbocycles. The molecule has 4 N–H and O–H groups in total. The first-order valence-electron chi connectivity index (χ1n) is 5.60. The molecule has 1 fully saturated rings. The molecule has 1 aliphatic rings. The van der Waals surface area contributed by atoms with E-state index in [9.17, 15) is 14.4 Å². The van der Waals surface area contributed by atoms with Gasteiger partial charge in [0.15, 0.2) is 0 Å². The molecule has 7 heteroatoms. The Labute approximate surface area is 103 Å². The standard InChI is InChI=1S/C11H14N4O3/c12-10(17)8-6-13-4-5-15(8)11(18)7-2-1-3-9(16)14-7/h1-3,8,13H,4-6H2,(H2,12,17)(H,14,16). The van der Waals surface area contributed by atoms with Gasteiger partial charge >= 0.3 is 0 Å². The van der Waals surface area contributed by atoms with Crippen LogP contribution in [0.5, 0.6) is 0 Å². The second kappa shape index (κ2) is 5.01. The summed E-state index contributed by atoms with van der Waals surface area (Å²) in [6.45, 7) is 1.30. The molecule has 1 saturated heterocycles. The van der Waals surface area contributed by atoms with Crippen LogP contribution in [0.4, 0.5) is 0 Å². The van der Waals surface area contributed by atoms with Crippen molar-refractivity contribution < 1.29 is 9.59 Å². The summed E-state index contributed by atoms with van der Waals surface area (Å²) in [6.07, 6.45) is 0. The number of primary amides is 1. The number of carbonyl (C=O) groups excluding carboxylic acids is 2. The summed E-state index contributed by atoms with van der Waals surface area (Å²) in [7, 11) is 0. The topological polar surface area (TPSA) is 108 Å². The van der Waals surface area contributed by atoms with E-state index in [2.05, 4.69) is 10.3 Å². The maximum Gasteiger partial charge on any atom is 0.271 e.